The summed E-state index contributed by atoms with van der Waals surface area (Å²) in [6.07, 6.45) is 1.06. The second-order valence-corrected chi connectivity index (χ2v) is 7.49. The van der Waals surface area contributed by atoms with E-state index in [-0.39, 0.29) is 5.41 Å². The van der Waals surface area contributed by atoms with Gasteiger partial charge in [-0.25, -0.2) is 0 Å². The molecule has 2 heterocycles. The summed E-state index contributed by atoms with van der Waals surface area (Å²) in [5.41, 5.74) is 1.64. The molecule has 1 N–H and O–H groups in total. The Labute approximate surface area is 124 Å². The van der Waals surface area contributed by atoms with Crippen molar-refractivity contribution in [3.05, 3.63) is 55.6 Å². The van der Waals surface area contributed by atoms with Crippen LogP contribution in [0.25, 0.3) is 0 Å². The van der Waals surface area contributed by atoms with Crippen LogP contribution in [0.1, 0.15) is 10.4 Å². The Morgan fingerprint density at radius 3 is 2.67 bits per heavy atom. The van der Waals surface area contributed by atoms with Gasteiger partial charge in [-0.05, 0) is 36.2 Å². The van der Waals surface area contributed by atoms with Gasteiger partial charge in [0, 0.05) is 27.9 Å². The maximum absolute atomic E-state index is 6.02. The zero-order chi connectivity index (χ0) is 12.6. The number of halogens is 2. The topological polar surface area (TPSA) is 12.0 Å². The molecule has 0 radical (unpaired) electrons. The number of hydrogen-bond donors (Lipinski definition) is 1. The van der Waals surface area contributed by atoms with E-state index in [1.807, 2.05) is 6.07 Å². The Bertz CT molecular complexity index is 562. The van der Waals surface area contributed by atoms with Crippen LogP contribution in [0.5, 0.6) is 0 Å². The molecule has 1 aliphatic rings. The maximum atomic E-state index is 6.02. The second-order valence-electron chi connectivity index (χ2n) is 4.78. The van der Waals surface area contributed by atoms with Gasteiger partial charge in [0.1, 0.15) is 0 Å². The van der Waals surface area contributed by atoms with E-state index in [2.05, 4.69) is 51.6 Å². The van der Waals surface area contributed by atoms with E-state index in [4.69, 9.17) is 11.6 Å². The van der Waals surface area contributed by atoms with E-state index in [0.717, 1.165) is 28.3 Å². The van der Waals surface area contributed by atoms with Crippen molar-refractivity contribution in [3.8, 4) is 0 Å². The van der Waals surface area contributed by atoms with Gasteiger partial charge in [0.05, 0.1) is 4.34 Å². The summed E-state index contributed by atoms with van der Waals surface area (Å²) in [4.78, 5) is 1.36. The van der Waals surface area contributed by atoms with Gasteiger partial charge in [-0.15, -0.1) is 11.3 Å². The van der Waals surface area contributed by atoms with E-state index < -0.39 is 0 Å². The molecular weight excluding hydrogens is 330 g/mol. The minimum Gasteiger partial charge on any atom is -0.315 e. The fraction of sp³-hybridized carbons (Fsp3) is 0.286. The van der Waals surface area contributed by atoms with Crippen LogP contribution in [0.2, 0.25) is 4.34 Å². The van der Waals surface area contributed by atoms with Crippen LogP contribution in [0.3, 0.4) is 0 Å². The lowest BCUT2D eigenvalue weighted by Crippen LogP contribution is -2.58. The van der Waals surface area contributed by atoms with Crippen LogP contribution >= 0.6 is 38.9 Å². The SMILES string of the molecule is Clc1ccc(CC2(c3cccc(Br)c3)CNC2)s1. The van der Waals surface area contributed by atoms with Crippen molar-refractivity contribution in [2.45, 2.75) is 11.8 Å². The Morgan fingerprint density at radius 1 is 1.28 bits per heavy atom. The Hall–Kier alpha value is -0.350. The van der Waals surface area contributed by atoms with Crippen molar-refractivity contribution >= 4 is 38.9 Å². The Morgan fingerprint density at radius 2 is 2.11 bits per heavy atom. The van der Waals surface area contributed by atoms with Crippen molar-refractivity contribution in [2.24, 2.45) is 0 Å². The third-order valence-corrected chi connectivity index (χ3v) is 5.23. The number of benzene rings is 1. The van der Waals surface area contributed by atoms with Crippen molar-refractivity contribution in [1.29, 1.82) is 0 Å². The lowest BCUT2D eigenvalue weighted by Gasteiger charge is -2.43. The van der Waals surface area contributed by atoms with Crippen LogP contribution in [-0.4, -0.2) is 13.1 Å². The minimum atomic E-state index is 0.234. The predicted molar refractivity (Wildman–Crippen MR) is 81.7 cm³/mol. The van der Waals surface area contributed by atoms with Crippen LogP contribution < -0.4 is 5.32 Å². The molecular formula is C14H13BrClNS. The zero-order valence-corrected chi connectivity index (χ0v) is 12.9. The van der Waals surface area contributed by atoms with E-state index >= 15 is 0 Å². The van der Waals surface area contributed by atoms with Crippen molar-refractivity contribution in [3.63, 3.8) is 0 Å². The largest absolute Gasteiger partial charge is 0.315 e. The van der Waals surface area contributed by atoms with Crippen LogP contribution in [0.4, 0.5) is 0 Å². The molecule has 1 fully saturated rings. The summed E-state index contributed by atoms with van der Waals surface area (Å²) >= 11 is 11.3. The highest BCUT2D eigenvalue weighted by atomic mass is 79.9. The maximum Gasteiger partial charge on any atom is 0.0931 e. The zero-order valence-electron chi connectivity index (χ0n) is 9.75. The average Bonchev–Trinajstić information content (AvgIpc) is 2.69. The summed E-state index contributed by atoms with van der Waals surface area (Å²) in [7, 11) is 0. The standard InChI is InChI=1S/C14H13BrClNS/c15-11-3-1-2-10(6-11)14(8-17-9-14)7-12-4-5-13(16)18-12/h1-6,17H,7-9H2. The molecule has 0 amide bonds. The van der Waals surface area contributed by atoms with Gasteiger partial charge >= 0.3 is 0 Å². The highest BCUT2D eigenvalue weighted by Gasteiger charge is 2.39. The summed E-state index contributed by atoms with van der Waals surface area (Å²) < 4.78 is 2.03. The number of rotatable bonds is 3. The lowest BCUT2D eigenvalue weighted by atomic mass is 9.72. The van der Waals surface area contributed by atoms with Crippen molar-refractivity contribution < 1.29 is 0 Å². The average molecular weight is 343 g/mol. The molecule has 4 heteroatoms. The van der Waals surface area contributed by atoms with Gasteiger partial charge < -0.3 is 5.32 Å². The molecule has 1 aromatic carbocycles. The van der Waals surface area contributed by atoms with Crippen LogP contribution in [0, 0.1) is 0 Å². The van der Waals surface area contributed by atoms with Gasteiger partial charge in [-0.3, -0.25) is 0 Å². The molecule has 1 nitrogen and oxygen atoms in total. The number of thiophene rings is 1. The fourth-order valence-corrected chi connectivity index (χ4v) is 4.09. The first-order chi connectivity index (χ1) is 8.68. The smallest absolute Gasteiger partial charge is 0.0931 e. The first kappa shape index (κ1) is 12.7. The van der Waals surface area contributed by atoms with E-state index in [1.54, 1.807) is 11.3 Å². The molecule has 0 bridgehead atoms. The van der Waals surface area contributed by atoms with Gasteiger partial charge in [0.25, 0.3) is 0 Å². The summed E-state index contributed by atoms with van der Waals surface area (Å²) in [6.45, 7) is 2.08. The van der Waals surface area contributed by atoms with Crippen molar-refractivity contribution in [2.75, 3.05) is 13.1 Å². The molecule has 0 saturated carbocycles. The Balaban J connectivity index is 1.90. The third kappa shape index (κ3) is 2.37. The highest BCUT2D eigenvalue weighted by Crippen LogP contribution is 2.36. The minimum absolute atomic E-state index is 0.234. The predicted octanol–water partition coefficient (Wildman–Crippen LogP) is 4.25. The molecule has 0 aliphatic carbocycles. The van der Waals surface area contributed by atoms with Crippen molar-refractivity contribution in [1.82, 2.24) is 5.32 Å². The molecule has 94 valence electrons. The number of hydrogen-bond acceptors (Lipinski definition) is 2. The molecule has 3 rings (SSSR count). The van der Waals surface area contributed by atoms with Gasteiger partial charge in [0.2, 0.25) is 0 Å². The van der Waals surface area contributed by atoms with Crippen LogP contribution in [0.15, 0.2) is 40.9 Å². The molecule has 2 aromatic rings. The third-order valence-electron chi connectivity index (χ3n) is 3.51. The van der Waals surface area contributed by atoms with E-state index in [9.17, 15) is 0 Å². The molecule has 0 unspecified atom stereocenters. The summed E-state index contributed by atoms with van der Waals surface area (Å²) in [5, 5.41) is 3.40. The summed E-state index contributed by atoms with van der Waals surface area (Å²) in [5.74, 6) is 0. The number of nitrogens with one attached hydrogen (secondary N) is 1. The molecule has 18 heavy (non-hydrogen) atoms. The van der Waals surface area contributed by atoms with Gasteiger partial charge in [0.15, 0.2) is 0 Å². The molecule has 1 aromatic heterocycles. The van der Waals surface area contributed by atoms with Gasteiger partial charge in [-0.1, -0.05) is 39.7 Å². The summed E-state index contributed by atoms with van der Waals surface area (Å²) in [6, 6.07) is 12.8. The molecule has 1 saturated heterocycles. The first-order valence-corrected chi connectivity index (χ1v) is 7.88. The Kier molecular flexibility index (Phi) is 3.50. The van der Waals surface area contributed by atoms with Crippen LogP contribution in [-0.2, 0) is 11.8 Å². The quantitative estimate of drug-likeness (QED) is 0.879. The second kappa shape index (κ2) is 4.97. The fourth-order valence-electron chi connectivity index (χ4n) is 2.46. The monoisotopic (exact) mass is 341 g/mol. The first-order valence-electron chi connectivity index (χ1n) is 5.89. The van der Waals surface area contributed by atoms with E-state index in [0.29, 0.717) is 0 Å². The highest BCUT2D eigenvalue weighted by molar-refractivity contribution is 9.10. The molecule has 0 spiro atoms. The lowest BCUT2D eigenvalue weighted by molar-refractivity contribution is 0.276. The van der Waals surface area contributed by atoms with E-state index in [1.165, 1.54) is 10.4 Å². The molecule has 1 aliphatic heterocycles. The normalized spacial score (nSPS) is 17.4. The molecule has 0 atom stereocenters. The van der Waals surface area contributed by atoms with Gasteiger partial charge in [-0.2, -0.15) is 0 Å².